The van der Waals surface area contributed by atoms with Crippen LogP contribution in [0.3, 0.4) is 0 Å². The maximum absolute atomic E-state index is 12.1. The lowest BCUT2D eigenvalue weighted by molar-refractivity contribution is -0.116. The van der Waals surface area contributed by atoms with E-state index in [1.807, 2.05) is 24.3 Å². The molecule has 0 aromatic heterocycles. The Labute approximate surface area is 170 Å². The summed E-state index contributed by atoms with van der Waals surface area (Å²) in [6, 6.07) is 14.5. The Morgan fingerprint density at radius 3 is 2.62 bits per heavy atom. The topological polar surface area (TPSA) is 84.9 Å². The van der Waals surface area contributed by atoms with Crippen LogP contribution in [0, 0.1) is 0 Å². The quantitative estimate of drug-likeness (QED) is 0.759. The molecule has 0 radical (unpaired) electrons. The Balaban J connectivity index is 1.29. The van der Waals surface area contributed by atoms with Gasteiger partial charge >= 0.3 is 0 Å². The summed E-state index contributed by atoms with van der Waals surface area (Å²) in [5.74, 6) is 1.34. The first-order valence-corrected chi connectivity index (χ1v) is 11.1. The second-order valence-corrected chi connectivity index (χ2v) is 8.92. The molecule has 8 heteroatoms. The number of para-hydroxylation sites is 2. The minimum Gasteiger partial charge on any atom is -0.486 e. The van der Waals surface area contributed by atoms with Crippen LogP contribution in [0.15, 0.2) is 54.6 Å². The fraction of sp³-hybridized carbons (Fsp3) is 0.286. The molecule has 0 saturated carbocycles. The van der Waals surface area contributed by atoms with Crippen molar-refractivity contribution in [1.29, 1.82) is 0 Å². The number of carbonyl (C=O) groups excluding carboxylic acids is 1. The van der Waals surface area contributed by atoms with Gasteiger partial charge in [-0.15, -0.1) is 0 Å². The Kier molecular flexibility index (Phi) is 5.44. The number of nitrogens with one attached hydrogen (secondary N) is 1. The normalized spacial score (nSPS) is 20.0. The summed E-state index contributed by atoms with van der Waals surface area (Å²) in [5.41, 5.74) is 1.46. The highest BCUT2D eigenvalue weighted by atomic mass is 32.2. The molecular weight excluding hydrogens is 392 g/mol. The predicted octanol–water partition coefficient (Wildman–Crippen LogP) is 2.20. The third-order valence-electron chi connectivity index (χ3n) is 4.78. The number of amides is 1. The smallest absolute Gasteiger partial charge is 0.244 e. The van der Waals surface area contributed by atoms with Crippen molar-refractivity contribution in [2.75, 3.05) is 29.8 Å². The predicted molar refractivity (Wildman–Crippen MR) is 111 cm³/mol. The summed E-state index contributed by atoms with van der Waals surface area (Å²) in [7, 11) is -3.19. The average molecular weight is 414 g/mol. The van der Waals surface area contributed by atoms with Gasteiger partial charge in [-0.2, -0.15) is 0 Å². The van der Waals surface area contributed by atoms with Crippen molar-refractivity contribution in [2.24, 2.45) is 0 Å². The first kappa shape index (κ1) is 19.3. The average Bonchev–Trinajstić information content (AvgIpc) is 3.10. The van der Waals surface area contributed by atoms with Gasteiger partial charge in [0, 0.05) is 12.6 Å². The molecule has 2 aliphatic rings. The van der Waals surface area contributed by atoms with Crippen LogP contribution in [0.1, 0.15) is 12.0 Å². The molecule has 0 spiro atoms. The number of ether oxygens (including phenoxy) is 2. The SMILES string of the molecule is O=C(/C=C/c1ccc(N2CCCS2(=O)=O)cc1)NCC1COc2ccccc2O1. The van der Waals surface area contributed by atoms with E-state index in [0.717, 1.165) is 5.56 Å². The Morgan fingerprint density at radius 1 is 1.14 bits per heavy atom. The summed E-state index contributed by atoms with van der Waals surface area (Å²) in [5, 5.41) is 2.80. The lowest BCUT2D eigenvalue weighted by Crippen LogP contribution is -2.40. The molecule has 0 aliphatic carbocycles. The van der Waals surface area contributed by atoms with Crippen LogP contribution in [-0.2, 0) is 14.8 Å². The summed E-state index contributed by atoms with van der Waals surface area (Å²) in [6.07, 6.45) is 3.53. The van der Waals surface area contributed by atoms with Gasteiger partial charge in [0.1, 0.15) is 12.7 Å². The Hall–Kier alpha value is -3.00. The highest BCUT2D eigenvalue weighted by Crippen LogP contribution is 2.30. The summed E-state index contributed by atoms with van der Waals surface area (Å²) in [6.45, 7) is 1.22. The van der Waals surface area contributed by atoms with E-state index in [9.17, 15) is 13.2 Å². The Morgan fingerprint density at radius 2 is 1.90 bits per heavy atom. The van der Waals surface area contributed by atoms with Crippen LogP contribution < -0.4 is 19.1 Å². The molecule has 1 fully saturated rings. The van der Waals surface area contributed by atoms with Crippen molar-refractivity contribution in [3.05, 3.63) is 60.2 Å². The number of benzene rings is 2. The van der Waals surface area contributed by atoms with Gasteiger partial charge in [0.05, 0.1) is 18.0 Å². The van der Waals surface area contributed by atoms with Crippen molar-refractivity contribution in [3.8, 4) is 11.5 Å². The number of fused-ring (bicyclic) bond motifs is 1. The van der Waals surface area contributed by atoms with E-state index in [2.05, 4.69) is 5.32 Å². The summed E-state index contributed by atoms with van der Waals surface area (Å²) in [4.78, 5) is 12.1. The zero-order valence-corrected chi connectivity index (χ0v) is 16.6. The first-order chi connectivity index (χ1) is 14.0. The fourth-order valence-corrected chi connectivity index (χ4v) is 4.85. The van der Waals surface area contributed by atoms with Gasteiger partial charge in [-0.3, -0.25) is 9.10 Å². The second-order valence-electron chi connectivity index (χ2n) is 6.91. The fourth-order valence-electron chi connectivity index (χ4n) is 3.29. The molecule has 2 aliphatic heterocycles. The highest BCUT2D eigenvalue weighted by Gasteiger charge is 2.28. The molecule has 2 heterocycles. The number of nitrogens with zero attached hydrogens (tertiary/aromatic N) is 1. The van der Waals surface area contributed by atoms with E-state index in [0.29, 0.717) is 43.3 Å². The molecule has 1 atom stereocenters. The molecule has 4 rings (SSSR count). The van der Waals surface area contributed by atoms with Gasteiger partial charge in [0.25, 0.3) is 0 Å². The third kappa shape index (κ3) is 4.54. The minimum atomic E-state index is -3.19. The van der Waals surface area contributed by atoms with Gasteiger partial charge < -0.3 is 14.8 Å². The molecule has 152 valence electrons. The zero-order valence-electron chi connectivity index (χ0n) is 15.8. The van der Waals surface area contributed by atoms with Gasteiger partial charge in [-0.25, -0.2) is 8.42 Å². The number of rotatable bonds is 5. The molecule has 1 unspecified atom stereocenters. The number of hydrogen-bond acceptors (Lipinski definition) is 5. The van der Waals surface area contributed by atoms with E-state index >= 15 is 0 Å². The van der Waals surface area contributed by atoms with E-state index in [1.54, 1.807) is 30.3 Å². The van der Waals surface area contributed by atoms with Crippen LogP contribution in [0.25, 0.3) is 6.08 Å². The number of anilines is 1. The monoisotopic (exact) mass is 414 g/mol. The van der Waals surface area contributed by atoms with Gasteiger partial charge in [-0.05, 0) is 42.3 Å². The number of sulfonamides is 1. The summed E-state index contributed by atoms with van der Waals surface area (Å²) < 4.78 is 36.8. The maximum atomic E-state index is 12.1. The Bertz CT molecular complexity index is 1020. The molecule has 2 aromatic carbocycles. The van der Waals surface area contributed by atoms with Crippen LogP contribution in [-0.4, -0.2) is 45.9 Å². The van der Waals surface area contributed by atoms with Gasteiger partial charge in [0.2, 0.25) is 15.9 Å². The van der Waals surface area contributed by atoms with E-state index in [-0.39, 0.29) is 17.8 Å². The lowest BCUT2D eigenvalue weighted by Gasteiger charge is -2.26. The van der Waals surface area contributed by atoms with Crippen molar-refractivity contribution in [3.63, 3.8) is 0 Å². The molecule has 1 N–H and O–H groups in total. The van der Waals surface area contributed by atoms with Crippen molar-refractivity contribution in [2.45, 2.75) is 12.5 Å². The van der Waals surface area contributed by atoms with Crippen LogP contribution in [0.2, 0.25) is 0 Å². The van der Waals surface area contributed by atoms with Crippen molar-refractivity contribution < 1.29 is 22.7 Å². The molecule has 0 bridgehead atoms. The molecule has 7 nitrogen and oxygen atoms in total. The largest absolute Gasteiger partial charge is 0.486 e. The number of hydrogen-bond donors (Lipinski definition) is 1. The molecule has 1 saturated heterocycles. The lowest BCUT2D eigenvalue weighted by atomic mass is 10.2. The van der Waals surface area contributed by atoms with Gasteiger partial charge in [0.15, 0.2) is 11.5 Å². The van der Waals surface area contributed by atoms with E-state index in [1.165, 1.54) is 10.4 Å². The second kappa shape index (κ2) is 8.16. The zero-order chi connectivity index (χ0) is 20.3. The molecule has 2 aromatic rings. The van der Waals surface area contributed by atoms with Crippen molar-refractivity contribution >= 4 is 27.7 Å². The first-order valence-electron chi connectivity index (χ1n) is 9.46. The van der Waals surface area contributed by atoms with Gasteiger partial charge in [-0.1, -0.05) is 24.3 Å². The molecular formula is C21H22N2O5S. The maximum Gasteiger partial charge on any atom is 0.244 e. The van der Waals surface area contributed by atoms with Crippen LogP contribution >= 0.6 is 0 Å². The van der Waals surface area contributed by atoms with E-state index in [4.69, 9.17) is 9.47 Å². The number of carbonyl (C=O) groups is 1. The van der Waals surface area contributed by atoms with Crippen molar-refractivity contribution in [1.82, 2.24) is 5.32 Å². The minimum absolute atomic E-state index is 0.191. The van der Waals surface area contributed by atoms with Crippen LogP contribution in [0.4, 0.5) is 5.69 Å². The molecule has 1 amide bonds. The molecule has 29 heavy (non-hydrogen) atoms. The standard InChI is InChI=1S/C21H22N2O5S/c24-21(22-14-18-15-27-19-4-1-2-5-20(19)28-18)11-8-16-6-9-17(10-7-16)23-12-3-13-29(23,25)26/h1-2,4-11,18H,3,12-15H2,(H,22,24)/b11-8+. The van der Waals surface area contributed by atoms with E-state index < -0.39 is 10.0 Å². The van der Waals surface area contributed by atoms with Crippen LogP contribution in [0.5, 0.6) is 11.5 Å². The third-order valence-corrected chi connectivity index (χ3v) is 6.65. The summed E-state index contributed by atoms with van der Waals surface area (Å²) >= 11 is 0. The highest BCUT2D eigenvalue weighted by molar-refractivity contribution is 7.93.